The van der Waals surface area contributed by atoms with Crippen molar-refractivity contribution in [3.8, 4) is 5.88 Å². The van der Waals surface area contributed by atoms with Crippen molar-refractivity contribution < 1.29 is 14.3 Å². The Balaban J connectivity index is 1.81. The summed E-state index contributed by atoms with van der Waals surface area (Å²) in [4.78, 5) is 21.8. The Morgan fingerprint density at radius 2 is 2.32 bits per heavy atom. The van der Waals surface area contributed by atoms with Crippen LogP contribution in [0.15, 0.2) is 6.07 Å². The number of alkyl carbamates (subject to hydrolysis) is 1. The quantitative estimate of drug-likeness (QED) is 0.856. The first-order valence-corrected chi connectivity index (χ1v) is 7.49. The van der Waals surface area contributed by atoms with Crippen molar-refractivity contribution in [3.63, 3.8) is 0 Å². The van der Waals surface area contributed by atoms with E-state index in [0.717, 1.165) is 19.4 Å². The molecule has 1 unspecified atom stereocenters. The van der Waals surface area contributed by atoms with Crippen LogP contribution in [0.2, 0.25) is 0 Å². The minimum Gasteiger partial charge on any atom is -0.475 e. The molecule has 2 aliphatic heterocycles. The molecule has 3 rings (SSSR count). The maximum atomic E-state index is 11.4. The lowest BCUT2D eigenvalue weighted by Gasteiger charge is -2.38. The molecule has 120 valence electrons. The van der Waals surface area contributed by atoms with E-state index in [-0.39, 0.29) is 18.1 Å². The van der Waals surface area contributed by atoms with Crippen LogP contribution in [0.5, 0.6) is 5.88 Å². The monoisotopic (exact) mass is 307 g/mol. The number of aromatic nitrogens is 2. The molecule has 22 heavy (non-hydrogen) atoms. The molecule has 1 spiro atoms. The molecule has 0 aromatic carbocycles. The summed E-state index contributed by atoms with van der Waals surface area (Å²) in [7, 11) is 0. The van der Waals surface area contributed by atoms with Gasteiger partial charge in [0, 0.05) is 12.6 Å². The number of nitrogen functional groups attached to an aromatic ring is 1. The number of nitrogens with zero attached hydrogens (tertiary/aromatic N) is 3. The molecule has 2 fully saturated rings. The third-order valence-electron chi connectivity index (χ3n) is 3.79. The fraction of sp³-hybridized carbons (Fsp3) is 0.643. The highest BCUT2D eigenvalue weighted by molar-refractivity contribution is 5.70. The summed E-state index contributed by atoms with van der Waals surface area (Å²) < 4.78 is 11.1. The molecule has 0 aliphatic carbocycles. The molecule has 2 saturated heterocycles. The van der Waals surface area contributed by atoms with Crippen molar-refractivity contribution in [2.75, 3.05) is 30.3 Å². The van der Waals surface area contributed by atoms with E-state index in [1.807, 2.05) is 13.8 Å². The van der Waals surface area contributed by atoms with Gasteiger partial charge < -0.3 is 25.4 Å². The van der Waals surface area contributed by atoms with Gasteiger partial charge in [0.05, 0.1) is 19.2 Å². The molecular formula is C14H21N5O3. The van der Waals surface area contributed by atoms with Gasteiger partial charge in [-0.2, -0.15) is 9.97 Å². The van der Waals surface area contributed by atoms with Gasteiger partial charge in [0.15, 0.2) is 0 Å². The summed E-state index contributed by atoms with van der Waals surface area (Å²) in [5.41, 5.74) is 5.30. The summed E-state index contributed by atoms with van der Waals surface area (Å²) in [6.45, 7) is 5.80. The summed E-state index contributed by atoms with van der Waals surface area (Å²) in [5.74, 6) is 1.33. The van der Waals surface area contributed by atoms with Crippen LogP contribution in [-0.4, -0.2) is 47.4 Å². The maximum Gasteiger partial charge on any atom is 0.407 e. The molecule has 1 atom stereocenters. The second kappa shape index (κ2) is 5.51. The minimum atomic E-state index is -0.478. The van der Waals surface area contributed by atoms with E-state index < -0.39 is 5.60 Å². The molecule has 3 N–H and O–H groups in total. The first kappa shape index (κ1) is 14.7. The van der Waals surface area contributed by atoms with Crippen LogP contribution in [0, 0.1) is 0 Å². The number of amides is 1. The van der Waals surface area contributed by atoms with Crippen molar-refractivity contribution in [3.05, 3.63) is 6.07 Å². The van der Waals surface area contributed by atoms with E-state index in [1.54, 1.807) is 6.07 Å². The molecule has 1 aromatic heterocycles. The number of hydrogen-bond acceptors (Lipinski definition) is 7. The Morgan fingerprint density at radius 1 is 1.50 bits per heavy atom. The first-order valence-electron chi connectivity index (χ1n) is 7.49. The van der Waals surface area contributed by atoms with Crippen molar-refractivity contribution >= 4 is 17.9 Å². The topological polar surface area (TPSA) is 103 Å². The number of hydrogen-bond donors (Lipinski definition) is 2. The Kier molecular flexibility index (Phi) is 3.67. The second-order valence-electron chi connectivity index (χ2n) is 6.04. The number of nitrogens with one attached hydrogen (secondary N) is 1. The number of rotatable bonds is 3. The molecule has 1 amide bonds. The van der Waals surface area contributed by atoms with Crippen LogP contribution < -0.4 is 20.7 Å². The van der Waals surface area contributed by atoms with Gasteiger partial charge in [0.25, 0.3) is 0 Å². The highest BCUT2D eigenvalue weighted by atomic mass is 16.6. The van der Waals surface area contributed by atoms with E-state index in [0.29, 0.717) is 24.8 Å². The van der Waals surface area contributed by atoms with Gasteiger partial charge in [-0.15, -0.1) is 0 Å². The highest BCUT2D eigenvalue weighted by Gasteiger charge is 2.44. The van der Waals surface area contributed by atoms with E-state index in [2.05, 4.69) is 20.2 Å². The third kappa shape index (κ3) is 3.00. The van der Waals surface area contributed by atoms with E-state index >= 15 is 0 Å². The zero-order valence-electron chi connectivity index (χ0n) is 12.8. The second-order valence-corrected chi connectivity index (χ2v) is 6.04. The van der Waals surface area contributed by atoms with E-state index in [9.17, 15) is 4.79 Å². The molecular weight excluding hydrogens is 286 g/mol. The molecule has 8 nitrogen and oxygen atoms in total. The summed E-state index contributed by atoms with van der Waals surface area (Å²) >= 11 is 0. The number of carbonyl (C=O) groups is 1. The van der Waals surface area contributed by atoms with Gasteiger partial charge >= 0.3 is 6.09 Å². The van der Waals surface area contributed by atoms with Crippen molar-refractivity contribution in [1.82, 2.24) is 15.3 Å². The Labute approximate surface area is 129 Å². The minimum absolute atomic E-state index is 0.00911. The normalized spacial score (nSPS) is 24.5. The lowest BCUT2D eigenvalue weighted by atomic mass is 9.93. The highest BCUT2D eigenvalue weighted by Crippen LogP contribution is 2.31. The van der Waals surface area contributed by atoms with Crippen molar-refractivity contribution in [2.45, 2.75) is 38.4 Å². The summed E-state index contributed by atoms with van der Waals surface area (Å²) in [5, 5.41) is 2.73. The fourth-order valence-electron chi connectivity index (χ4n) is 2.92. The largest absolute Gasteiger partial charge is 0.475 e. The van der Waals surface area contributed by atoms with Gasteiger partial charge in [0.2, 0.25) is 11.8 Å². The van der Waals surface area contributed by atoms with Crippen LogP contribution in [0.1, 0.15) is 26.7 Å². The standard InChI is InChI=1S/C14H21N5O3/c1-9(2)21-11-6-10(17-12(15)18-11)19-5-3-4-14(8-19)7-16-13(20)22-14/h6,9H,3-5,7-8H2,1-2H3,(H,16,20)(H2,15,17,18). The molecule has 3 heterocycles. The molecule has 0 radical (unpaired) electrons. The van der Waals surface area contributed by atoms with Crippen LogP contribution >= 0.6 is 0 Å². The van der Waals surface area contributed by atoms with Gasteiger partial charge in [-0.3, -0.25) is 0 Å². The molecule has 8 heteroatoms. The van der Waals surface area contributed by atoms with Gasteiger partial charge in [-0.05, 0) is 26.7 Å². The Bertz CT molecular complexity index is 580. The lowest BCUT2D eigenvalue weighted by Crippen LogP contribution is -2.50. The molecule has 0 bridgehead atoms. The van der Waals surface area contributed by atoms with Crippen LogP contribution in [0.3, 0.4) is 0 Å². The lowest BCUT2D eigenvalue weighted by molar-refractivity contribution is 0.0445. The Morgan fingerprint density at radius 3 is 3.00 bits per heavy atom. The predicted molar refractivity (Wildman–Crippen MR) is 80.9 cm³/mol. The van der Waals surface area contributed by atoms with E-state index in [4.69, 9.17) is 15.2 Å². The average molecular weight is 307 g/mol. The van der Waals surface area contributed by atoms with Gasteiger partial charge in [-0.25, -0.2) is 4.79 Å². The zero-order valence-corrected chi connectivity index (χ0v) is 12.8. The van der Waals surface area contributed by atoms with Gasteiger partial charge in [0.1, 0.15) is 11.4 Å². The van der Waals surface area contributed by atoms with Crippen molar-refractivity contribution in [2.24, 2.45) is 0 Å². The molecule has 1 aromatic rings. The smallest absolute Gasteiger partial charge is 0.407 e. The SMILES string of the molecule is CC(C)Oc1cc(N2CCCC3(CNC(=O)O3)C2)nc(N)n1. The van der Waals surface area contributed by atoms with Crippen molar-refractivity contribution in [1.29, 1.82) is 0 Å². The maximum absolute atomic E-state index is 11.4. The predicted octanol–water partition coefficient (Wildman–Crippen LogP) is 0.925. The number of ether oxygens (including phenoxy) is 2. The Hall–Kier alpha value is -2.25. The summed E-state index contributed by atoms with van der Waals surface area (Å²) in [6, 6.07) is 1.78. The number of anilines is 2. The van der Waals surface area contributed by atoms with E-state index in [1.165, 1.54) is 0 Å². The first-order chi connectivity index (χ1) is 10.5. The molecule has 2 aliphatic rings. The van der Waals surface area contributed by atoms with Crippen LogP contribution in [0.25, 0.3) is 0 Å². The third-order valence-corrected chi connectivity index (χ3v) is 3.79. The molecule has 0 saturated carbocycles. The zero-order chi connectivity index (χ0) is 15.7. The summed E-state index contributed by atoms with van der Waals surface area (Å²) in [6.07, 6.45) is 1.42. The van der Waals surface area contributed by atoms with Crippen LogP contribution in [-0.2, 0) is 4.74 Å². The number of carbonyl (C=O) groups excluding carboxylic acids is 1. The number of piperidine rings is 1. The van der Waals surface area contributed by atoms with Crippen LogP contribution in [0.4, 0.5) is 16.6 Å². The van der Waals surface area contributed by atoms with Gasteiger partial charge in [-0.1, -0.05) is 0 Å². The fourth-order valence-corrected chi connectivity index (χ4v) is 2.92. The average Bonchev–Trinajstić information content (AvgIpc) is 2.78. The number of nitrogens with two attached hydrogens (primary N) is 1.